The van der Waals surface area contributed by atoms with Gasteiger partial charge < -0.3 is 14.2 Å². The molecule has 0 aromatic heterocycles. The van der Waals surface area contributed by atoms with E-state index in [-0.39, 0.29) is 11.4 Å². The lowest BCUT2D eigenvalue weighted by atomic mass is 9.75. The third-order valence-corrected chi connectivity index (χ3v) is 6.90. The van der Waals surface area contributed by atoms with Gasteiger partial charge in [-0.15, -0.1) is 0 Å². The molecule has 2 aliphatic rings. The van der Waals surface area contributed by atoms with E-state index < -0.39 is 11.3 Å². The van der Waals surface area contributed by atoms with E-state index in [9.17, 15) is 13.6 Å². The fraction of sp³-hybridized carbons (Fsp3) is 0.435. The topological polar surface area (TPSA) is 75.7 Å². The first-order valence-corrected chi connectivity index (χ1v) is 11.7. The summed E-state index contributed by atoms with van der Waals surface area (Å²) >= 11 is -2.37. The van der Waals surface area contributed by atoms with Crippen molar-refractivity contribution >= 4 is 22.9 Å². The summed E-state index contributed by atoms with van der Waals surface area (Å²) in [5, 5.41) is 0. The van der Waals surface area contributed by atoms with E-state index in [0.29, 0.717) is 24.3 Å². The zero-order valence-electron chi connectivity index (χ0n) is 17.1. The number of rotatable bonds is 5. The Kier molecular flexibility index (Phi) is 6.51. The molecule has 1 aliphatic heterocycles. The Morgan fingerprint density at radius 3 is 2.13 bits per heavy atom. The van der Waals surface area contributed by atoms with Gasteiger partial charge in [-0.3, -0.25) is 13.9 Å². The van der Waals surface area contributed by atoms with Crippen molar-refractivity contribution in [3.05, 3.63) is 65.7 Å². The van der Waals surface area contributed by atoms with Crippen LogP contribution in [0.3, 0.4) is 0 Å². The van der Waals surface area contributed by atoms with Gasteiger partial charge in [-0.2, -0.15) is 0 Å². The average Bonchev–Trinajstić information content (AvgIpc) is 2.80. The van der Waals surface area contributed by atoms with Crippen LogP contribution in [0.5, 0.6) is 0 Å². The van der Waals surface area contributed by atoms with E-state index in [4.69, 9.17) is 0 Å². The van der Waals surface area contributed by atoms with Gasteiger partial charge in [-0.1, -0.05) is 49.6 Å². The number of piperazine rings is 1. The van der Waals surface area contributed by atoms with Crippen LogP contribution in [0, 0.1) is 0 Å². The first-order valence-electron chi connectivity index (χ1n) is 10.6. The monoisotopic (exact) mass is 426 g/mol. The van der Waals surface area contributed by atoms with Crippen molar-refractivity contribution in [1.82, 2.24) is 9.80 Å². The van der Waals surface area contributed by atoms with Crippen molar-refractivity contribution in [3.63, 3.8) is 0 Å². The van der Waals surface area contributed by atoms with Crippen LogP contribution in [-0.2, 0) is 16.8 Å². The van der Waals surface area contributed by atoms with Crippen molar-refractivity contribution in [3.8, 4) is 0 Å². The molecule has 2 aromatic carbocycles. The molecule has 1 atom stereocenters. The largest absolute Gasteiger partial charge is 0.755 e. The van der Waals surface area contributed by atoms with Crippen molar-refractivity contribution in [2.75, 3.05) is 30.9 Å². The number of carbonyl (C=O) groups excluding carboxylic acids is 1. The number of anilines is 1. The van der Waals surface area contributed by atoms with Gasteiger partial charge in [0.1, 0.15) is 0 Å². The minimum atomic E-state index is -2.37. The van der Waals surface area contributed by atoms with Crippen LogP contribution >= 0.6 is 0 Å². The molecule has 2 fully saturated rings. The molecular formula is C23H28N3O3S-. The molecule has 1 saturated heterocycles. The highest BCUT2D eigenvalue weighted by Gasteiger charge is 2.41. The zero-order valence-corrected chi connectivity index (χ0v) is 17.9. The molecule has 1 heterocycles. The smallest absolute Gasteiger partial charge is 0.253 e. The van der Waals surface area contributed by atoms with Crippen LogP contribution in [0.15, 0.2) is 54.6 Å². The Hall–Kier alpha value is -2.22. The van der Waals surface area contributed by atoms with Crippen molar-refractivity contribution in [1.29, 1.82) is 0 Å². The van der Waals surface area contributed by atoms with E-state index in [0.717, 1.165) is 13.1 Å². The molecule has 6 nitrogen and oxygen atoms in total. The Bertz CT molecular complexity index is 874. The lowest BCUT2D eigenvalue weighted by molar-refractivity contribution is 0.00562. The highest BCUT2D eigenvalue weighted by Crippen LogP contribution is 2.42. The van der Waals surface area contributed by atoms with Crippen LogP contribution in [-0.4, -0.2) is 50.6 Å². The first kappa shape index (κ1) is 21.0. The van der Waals surface area contributed by atoms with E-state index in [1.54, 1.807) is 24.3 Å². The van der Waals surface area contributed by atoms with Gasteiger partial charge in [0.05, 0.1) is 0 Å². The Balaban J connectivity index is 1.43. The number of amides is 1. The second-order valence-corrected chi connectivity index (χ2v) is 8.83. The second-order valence-electron chi connectivity index (χ2n) is 8.15. The summed E-state index contributed by atoms with van der Waals surface area (Å²) < 4.78 is 23.8. The maximum Gasteiger partial charge on any atom is 0.253 e. The summed E-state index contributed by atoms with van der Waals surface area (Å²) in [5.74, 6) is 0.00171. The third kappa shape index (κ3) is 4.43. The number of carbonyl (C=O) groups is 1. The molecule has 1 saturated carbocycles. The predicted molar refractivity (Wildman–Crippen MR) is 118 cm³/mol. The van der Waals surface area contributed by atoms with Crippen LogP contribution in [0.1, 0.15) is 48.0 Å². The normalized spacial score (nSPS) is 20.5. The summed E-state index contributed by atoms with van der Waals surface area (Å²) in [6, 6.07) is 17.4. The number of nitrogens with zero attached hydrogens (tertiary/aromatic N) is 2. The molecule has 0 spiro atoms. The number of hydrogen-bond donors (Lipinski definition) is 1. The van der Waals surface area contributed by atoms with E-state index in [1.807, 2.05) is 4.90 Å². The molecular weight excluding hydrogens is 398 g/mol. The molecule has 1 N–H and O–H groups in total. The molecule has 0 radical (unpaired) electrons. The minimum Gasteiger partial charge on any atom is -0.755 e. The van der Waals surface area contributed by atoms with Crippen LogP contribution in [0.25, 0.3) is 0 Å². The second kappa shape index (κ2) is 9.29. The van der Waals surface area contributed by atoms with Crippen molar-refractivity contribution in [2.45, 2.75) is 37.6 Å². The minimum absolute atomic E-state index is 0.00171. The summed E-state index contributed by atoms with van der Waals surface area (Å²) in [7, 11) is 0. The number of hydrogen-bond acceptors (Lipinski definition) is 4. The molecule has 7 heteroatoms. The van der Waals surface area contributed by atoms with Gasteiger partial charge in [-0.05, 0) is 42.7 Å². The first-order chi connectivity index (χ1) is 14.6. The van der Waals surface area contributed by atoms with Gasteiger partial charge >= 0.3 is 0 Å². The molecule has 1 amide bonds. The number of benzene rings is 2. The Morgan fingerprint density at radius 2 is 1.53 bits per heavy atom. The summed E-state index contributed by atoms with van der Waals surface area (Å²) in [6.45, 7) is 3.15. The van der Waals surface area contributed by atoms with Crippen LogP contribution < -0.4 is 4.72 Å². The SMILES string of the molecule is O=C(c1ccc(NS(=O)[O-])cc1)N1CCN(C2(c3ccccc3)CCCCC2)CC1. The van der Waals surface area contributed by atoms with Gasteiger partial charge in [0.15, 0.2) is 0 Å². The maximum atomic E-state index is 12.9. The summed E-state index contributed by atoms with van der Waals surface area (Å²) in [5.41, 5.74) is 2.53. The summed E-state index contributed by atoms with van der Waals surface area (Å²) in [4.78, 5) is 17.4. The fourth-order valence-corrected chi connectivity index (χ4v) is 5.30. The lowest BCUT2D eigenvalue weighted by Gasteiger charge is -2.50. The van der Waals surface area contributed by atoms with Gasteiger partial charge in [0.25, 0.3) is 5.91 Å². The average molecular weight is 427 g/mol. The standard InChI is InChI=1S/C23H29N3O3S/c27-22(19-9-11-21(12-10-19)24-30(28)29)25-15-17-26(18-16-25)23(13-5-2-6-14-23)20-7-3-1-4-8-20/h1,3-4,7-12,24H,2,5-6,13-18H2,(H,28,29)/p-1. The zero-order chi connectivity index (χ0) is 21.0. The summed E-state index contributed by atoms with van der Waals surface area (Å²) in [6.07, 6.45) is 6.17. The van der Waals surface area contributed by atoms with Gasteiger partial charge in [0.2, 0.25) is 0 Å². The van der Waals surface area contributed by atoms with Gasteiger partial charge in [0, 0.05) is 54.2 Å². The molecule has 30 heavy (non-hydrogen) atoms. The predicted octanol–water partition coefficient (Wildman–Crippen LogP) is 3.51. The third-order valence-electron chi connectivity index (χ3n) is 6.50. The highest BCUT2D eigenvalue weighted by atomic mass is 32.2. The van der Waals surface area contributed by atoms with Crippen molar-refractivity contribution < 1.29 is 13.6 Å². The van der Waals surface area contributed by atoms with Crippen LogP contribution in [0.4, 0.5) is 5.69 Å². The quantitative estimate of drug-likeness (QED) is 0.743. The molecule has 1 aliphatic carbocycles. The molecule has 0 bridgehead atoms. The van der Waals surface area contributed by atoms with Crippen LogP contribution in [0.2, 0.25) is 0 Å². The van der Waals surface area contributed by atoms with Gasteiger partial charge in [-0.25, -0.2) is 0 Å². The Morgan fingerprint density at radius 1 is 0.900 bits per heavy atom. The fourth-order valence-electron chi connectivity index (χ4n) is 4.97. The highest BCUT2D eigenvalue weighted by molar-refractivity contribution is 7.80. The molecule has 4 rings (SSSR count). The van der Waals surface area contributed by atoms with E-state index in [1.165, 1.54) is 37.7 Å². The number of nitrogens with one attached hydrogen (secondary N) is 1. The molecule has 2 aromatic rings. The molecule has 1 unspecified atom stereocenters. The van der Waals surface area contributed by atoms with E-state index >= 15 is 0 Å². The maximum absolute atomic E-state index is 12.9. The van der Waals surface area contributed by atoms with E-state index in [2.05, 4.69) is 40.0 Å². The molecule has 160 valence electrons. The van der Waals surface area contributed by atoms with Crippen molar-refractivity contribution in [2.24, 2.45) is 0 Å². The Labute approximate surface area is 180 Å². The lowest BCUT2D eigenvalue weighted by Crippen LogP contribution is -2.57.